The molecule has 0 unspecified atom stereocenters. The Morgan fingerprint density at radius 2 is 1.94 bits per heavy atom. The second-order valence-corrected chi connectivity index (χ2v) is 8.11. The Kier molecular flexibility index (Phi) is 5.50. The fraction of sp³-hybridized carbons (Fsp3) is 0.391. The van der Waals surface area contributed by atoms with Gasteiger partial charge in [-0.25, -0.2) is 4.98 Å². The number of hydrogen-bond donors (Lipinski definition) is 1. The predicted molar refractivity (Wildman–Crippen MR) is 118 cm³/mol. The molecule has 0 aliphatic carbocycles. The van der Waals surface area contributed by atoms with Crippen LogP contribution in [0.25, 0.3) is 11.7 Å². The number of amides is 1. The Labute approximate surface area is 185 Å². The zero-order chi connectivity index (χ0) is 21.9. The van der Waals surface area contributed by atoms with Crippen molar-refractivity contribution < 1.29 is 13.6 Å². The number of nitriles is 1. The SMILES string of the molecule is N#Cc1nc(-c2ccco2)oc1N1CCC(C(=O)Nc2ccc(N3CCCC3)nc2)CC1. The number of furan rings is 1. The van der Waals surface area contributed by atoms with Crippen molar-refractivity contribution in [1.82, 2.24) is 9.97 Å². The molecule has 1 N–H and O–H groups in total. The molecule has 2 saturated heterocycles. The molecule has 2 fully saturated rings. The number of carbonyl (C=O) groups excluding carboxylic acids is 1. The quantitative estimate of drug-likeness (QED) is 0.650. The monoisotopic (exact) mass is 432 g/mol. The smallest absolute Gasteiger partial charge is 0.266 e. The Bertz CT molecular complexity index is 1100. The van der Waals surface area contributed by atoms with E-state index in [1.165, 1.54) is 19.1 Å². The Hall–Kier alpha value is -3.80. The molecule has 2 aliphatic rings. The number of nitrogens with one attached hydrogen (secondary N) is 1. The second-order valence-electron chi connectivity index (χ2n) is 8.11. The van der Waals surface area contributed by atoms with Gasteiger partial charge in [-0.15, -0.1) is 0 Å². The summed E-state index contributed by atoms with van der Waals surface area (Å²) >= 11 is 0. The highest BCUT2D eigenvalue weighted by Crippen LogP contribution is 2.31. The fourth-order valence-electron chi connectivity index (χ4n) is 4.29. The fourth-order valence-corrected chi connectivity index (χ4v) is 4.29. The molecule has 3 aromatic rings. The topological polar surface area (TPSA) is 111 Å². The highest BCUT2D eigenvalue weighted by Gasteiger charge is 2.29. The van der Waals surface area contributed by atoms with Crippen molar-refractivity contribution in [3.8, 4) is 17.7 Å². The molecule has 32 heavy (non-hydrogen) atoms. The normalized spacial score (nSPS) is 16.8. The van der Waals surface area contributed by atoms with E-state index in [-0.39, 0.29) is 23.4 Å². The summed E-state index contributed by atoms with van der Waals surface area (Å²) in [7, 11) is 0. The number of nitrogens with zero attached hydrogens (tertiary/aromatic N) is 5. The molecule has 2 aliphatic heterocycles. The molecule has 5 heterocycles. The number of aromatic nitrogens is 2. The lowest BCUT2D eigenvalue weighted by atomic mass is 9.96. The van der Waals surface area contributed by atoms with Crippen LogP contribution in [0.15, 0.2) is 45.6 Å². The number of hydrogen-bond acceptors (Lipinski definition) is 8. The van der Waals surface area contributed by atoms with Crippen molar-refractivity contribution in [3.05, 3.63) is 42.4 Å². The molecular weight excluding hydrogens is 408 g/mol. The van der Waals surface area contributed by atoms with Crippen molar-refractivity contribution in [2.45, 2.75) is 25.7 Å². The number of oxazole rings is 1. The van der Waals surface area contributed by atoms with Crippen LogP contribution in [0.5, 0.6) is 0 Å². The number of rotatable bonds is 5. The zero-order valence-corrected chi connectivity index (χ0v) is 17.7. The number of carbonyl (C=O) groups is 1. The van der Waals surface area contributed by atoms with Gasteiger partial charge in [0.2, 0.25) is 17.5 Å². The predicted octanol–water partition coefficient (Wildman–Crippen LogP) is 3.66. The van der Waals surface area contributed by atoms with E-state index in [2.05, 4.69) is 26.3 Å². The van der Waals surface area contributed by atoms with Gasteiger partial charge in [-0.3, -0.25) is 4.79 Å². The summed E-state index contributed by atoms with van der Waals surface area (Å²) in [6.45, 7) is 3.29. The van der Waals surface area contributed by atoms with Gasteiger partial charge in [-0.2, -0.15) is 10.2 Å². The molecule has 9 heteroatoms. The molecule has 9 nitrogen and oxygen atoms in total. The zero-order valence-electron chi connectivity index (χ0n) is 17.7. The van der Waals surface area contributed by atoms with E-state index in [0.717, 1.165) is 18.9 Å². The third-order valence-corrected chi connectivity index (χ3v) is 6.05. The molecule has 0 saturated carbocycles. The van der Waals surface area contributed by atoms with Gasteiger partial charge in [-0.1, -0.05) is 0 Å². The maximum atomic E-state index is 12.8. The van der Waals surface area contributed by atoms with Crippen LogP contribution in [0.2, 0.25) is 0 Å². The molecule has 0 aromatic carbocycles. The van der Waals surface area contributed by atoms with Crippen LogP contribution in [-0.2, 0) is 4.79 Å². The summed E-state index contributed by atoms with van der Waals surface area (Å²) in [6.07, 6.45) is 6.98. The highest BCUT2D eigenvalue weighted by atomic mass is 16.4. The third-order valence-electron chi connectivity index (χ3n) is 6.05. The van der Waals surface area contributed by atoms with Crippen LogP contribution in [0.3, 0.4) is 0 Å². The Morgan fingerprint density at radius 3 is 2.59 bits per heavy atom. The summed E-state index contributed by atoms with van der Waals surface area (Å²) in [5, 5.41) is 12.4. The van der Waals surface area contributed by atoms with Gasteiger partial charge >= 0.3 is 0 Å². The molecule has 164 valence electrons. The van der Waals surface area contributed by atoms with Crippen molar-refractivity contribution in [3.63, 3.8) is 0 Å². The Balaban J connectivity index is 1.19. The first-order chi connectivity index (χ1) is 15.7. The van der Waals surface area contributed by atoms with Crippen LogP contribution < -0.4 is 15.1 Å². The Morgan fingerprint density at radius 1 is 1.12 bits per heavy atom. The van der Waals surface area contributed by atoms with Gasteiger partial charge in [0.25, 0.3) is 5.89 Å². The lowest BCUT2D eigenvalue weighted by Gasteiger charge is -2.30. The van der Waals surface area contributed by atoms with E-state index in [1.54, 1.807) is 18.3 Å². The summed E-state index contributed by atoms with van der Waals surface area (Å²) in [5.41, 5.74) is 0.939. The average Bonchev–Trinajstić information content (AvgIpc) is 3.61. The van der Waals surface area contributed by atoms with Crippen LogP contribution >= 0.6 is 0 Å². The first kappa shape index (κ1) is 20.1. The minimum atomic E-state index is -0.109. The van der Waals surface area contributed by atoms with Crippen LogP contribution in [0.4, 0.5) is 17.4 Å². The lowest BCUT2D eigenvalue weighted by molar-refractivity contribution is -0.120. The number of piperidine rings is 1. The molecule has 0 bridgehead atoms. The molecule has 1 amide bonds. The highest BCUT2D eigenvalue weighted by molar-refractivity contribution is 5.92. The second kappa shape index (κ2) is 8.75. The van der Waals surface area contributed by atoms with Gasteiger partial charge in [0.15, 0.2) is 5.76 Å². The van der Waals surface area contributed by atoms with Crippen molar-refractivity contribution in [2.75, 3.05) is 41.3 Å². The lowest BCUT2D eigenvalue weighted by Crippen LogP contribution is -2.38. The van der Waals surface area contributed by atoms with Crippen molar-refractivity contribution in [1.29, 1.82) is 5.26 Å². The van der Waals surface area contributed by atoms with E-state index in [0.29, 0.717) is 43.3 Å². The summed E-state index contributed by atoms with van der Waals surface area (Å²) < 4.78 is 11.1. The van der Waals surface area contributed by atoms with Crippen LogP contribution in [-0.4, -0.2) is 42.1 Å². The van der Waals surface area contributed by atoms with Gasteiger partial charge in [-0.05, 0) is 49.9 Å². The number of anilines is 3. The first-order valence-corrected chi connectivity index (χ1v) is 10.9. The maximum Gasteiger partial charge on any atom is 0.266 e. The summed E-state index contributed by atoms with van der Waals surface area (Å²) in [6, 6.07) is 9.45. The van der Waals surface area contributed by atoms with Crippen molar-refractivity contribution in [2.24, 2.45) is 5.92 Å². The van der Waals surface area contributed by atoms with Crippen molar-refractivity contribution >= 4 is 23.3 Å². The molecule has 0 spiro atoms. The van der Waals surface area contributed by atoms with Crippen LogP contribution in [0, 0.1) is 17.2 Å². The first-order valence-electron chi connectivity index (χ1n) is 10.9. The summed E-state index contributed by atoms with van der Waals surface area (Å²) in [5.74, 6) is 2.04. The third kappa shape index (κ3) is 4.04. The van der Waals surface area contributed by atoms with E-state index in [9.17, 15) is 10.1 Å². The molecule has 0 radical (unpaired) electrons. The van der Waals surface area contributed by atoms with Gasteiger partial charge in [0.05, 0.1) is 18.1 Å². The van der Waals surface area contributed by atoms with Crippen LogP contribution in [0.1, 0.15) is 31.4 Å². The van der Waals surface area contributed by atoms with E-state index >= 15 is 0 Å². The van der Waals surface area contributed by atoms with E-state index in [1.807, 2.05) is 17.0 Å². The number of pyridine rings is 1. The van der Waals surface area contributed by atoms with Gasteiger partial charge in [0.1, 0.15) is 11.9 Å². The largest absolute Gasteiger partial charge is 0.459 e. The molecule has 3 aromatic heterocycles. The van der Waals surface area contributed by atoms with E-state index in [4.69, 9.17) is 8.83 Å². The van der Waals surface area contributed by atoms with Gasteiger partial charge < -0.3 is 24.0 Å². The molecule has 0 atom stereocenters. The standard InChI is InChI=1S/C23H24N6O3/c24-14-18-23(32-22(27-18)19-4-3-13-31-19)29-11-7-16(8-12-29)21(30)26-17-5-6-20(25-15-17)28-9-1-2-10-28/h3-6,13,15-16H,1-2,7-12H2,(H,26,30). The molecular formula is C23H24N6O3. The van der Waals surface area contributed by atoms with E-state index < -0.39 is 0 Å². The average molecular weight is 432 g/mol. The minimum absolute atomic E-state index is 0.00489. The molecule has 5 rings (SSSR count). The minimum Gasteiger partial charge on any atom is -0.459 e. The maximum absolute atomic E-state index is 12.8. The summed E-state index contributed by atoms with van der Waals surface area (Å²) in [4.78, 5) is 25.7. The van der Waals surface area contributed by atoms with Gasteiger partial charge in [0, 0.05) is 32.1 Å².